The van der Waals surface area contributed by atoms with E-state index in [0.29, 0.717) is 5.39 Å². The monoisotopic (exact) mass is 712 g/mol. The molecule has 0 amide bonds. The second-order valence-corrected chi connectivity index (χ2v) is 16.7. The van der Waals surface area contributed by atoms with Crippen molar-refractivity contribution in [3.8, 4) is 0 Å². The first kappa shape index (κ1) is 31.7. The van der Waals surface area contributed by atoms with Crippen molar-refractivity contribution in [2.75, 3.05) is 24.7 Å². The van der Waals surface area contributed by atoms with Crippen LogP contribution in [-0.4, -0.2) is 93.3 Å². The molecule has 0 bridgehead atoms. The van der Waals surface area contributed by atoms with Gasteiger partial charge in [0, 0.05) is 6.20 Å². The fraction of sp³-hybridized carbons (Fsp3) is 0.500. The summed E-state index contributed by atoms with van der Waals surface area (Å²) in [4.78, 5) is 26.6. The van der Waals surface area contributed by atoms with Gasteiger partial charge in [-0.3, -0.25) is 18.9 Å². The van der Waals surface area contributed by atoms with Gasteiger partial charge in [0.25, 0.3) is 12.1 Å². The highest BCUT2D eigenvalue weighted by Gasteiger charge is 2.56. The molecule has 4 aromatic rings. The molecule has 2 fully saturated rings. The number of nitrogens with two attached hydrogens (primary N) is 2. The predicted molar refractivity (Wildman–Crippen MR) is 163 cm³/mol. The van der Waals surface area contributed by atoms with Gasteiger partial charge in [-0.05, 0) is 6.07 Å². The van der Waals surface area contributed by atoms with Crippen molar-refractivity contribution in [2.45, 2.75) is 47.1 Å². The molecule has 44 heavy (non-hydrogen) atoms. The fourth-order valence-electron chi connectivity index (χ4n) is 5.20. The minimum Gasteiger partial charge on any atom is -0.395 e. The molecule has 0 saturated carbocycles. The molecule has 6 rings (SSSR count). The van der Waals surface area contributed by atoms with Crippen LogP contribution in [0.2, 0.25) is 0 Å². The van der Waals surface area contributed by atoms with Crippen LogP contribution in [0, 0.1) is 0 Å². The first-order valence-electron chi connectivity index (χ1n) is 12.7. The van der Waals surface area contributed by atoms with Crippen molar-refractivity contribution >= 4 is 84.0 Å². The molecule has 0 spiro atoms. The second-order valence-electron chi connectivity index (χ2n) is 9.78. The highest BCUT2D eigenvalue weighted by atomic mass is 32.7. The summed E-state index contributed by atoms with van der Waals surface area (Å²) in [5.74, 6) is -0.112. The van der Waals surface area contributed by atoms with Crippen molar-refractivity contribution in [1.82, 2.24) is 39.5 Å². The van der Waals surface area contributed by atoms with E-state index in [1.54, 1.807) is 6.07 Å². The maximum Gasteiger partial charge on any atom is 0.282 e. The number of thioether (sulfide) groups is 1. The third kappa shape index (κ3) is 5.53. The van der Waals surface area contributed by atoms with E-state index in [1.807, 2.05) is 0 Å². The molecule has 17 nitrogen and oxygen atoms in total. The van der Waals surface area contributed by atoms with Crippen LogP contribution < -0.4 is 17.0 Å². The summed E-state index contributed by atoms with van der Waals surface area (Å²) in [7, 11) is -3.00. The molecule has 2 unspecified atom stereocenters. The smallest absolute Gasteiger partial charge is 0.282 e. The lowest BCUT2D eigenvalue weighted by Gasteiger charge is -2.27. The Bertz CT molecular complexity index is 1850. The number of rotatable bonds is 9. The number of aromatic amines is 1. The third-order valence-electron chi connectivity index (χ3n) is 7.18. The maximum absolute atomic E-state index is 15.8. The average molecular weight is 713 g/mol. The maximum atomic E-state index is 15.8. The summed E-state index contributed by atoms with van der Waals surface area (Å²) in [5.41, 5.74) is 9.21. The molecule has 0 radical (unpaired) electrons. The van der Waals surface area contributed by atoms with E-state index in [9.17, 15) is 19.0 Å². The van der Waals surface area contributed by atoms with Crippen LogP contribution in [0.5, 0.6) is 0 Å². The van der Waals surface area contributed by atoms with E-state index >= 15 is 8.78 Å². The number of nitrogen functional groups attached to an aromatic ring is 2. The van der Waals surface area contributed by atoms with Gasteiger partial charge in [0.15, 0.2) is 23.6 Å². The first-order chi connectivity index (χ1) is 20.9. The van der Waals surface area contributed by atoms with Crippen LogP contribution in [0.1, 0.15) is 11.6 Å². The van der Waals surface area contributed by atoms with E-state index in [-0.39, 0.29) is 28.6 Å². The number of alkyl halides is 2. The molecule has 4 aromatic heterocycles. The molecule has 6 heterocycles. The van der Waals surface area contributed by atoms with Crippen LogP contribution in [0.4, 0.5) is 20.5 Å². The lowest BCUT2D eigenvalue weighted by molar-refractivity contribution is -0.0375. The average Bonchev–Trinajstić information content (AvgIpc) is 3.72. The van der Waals surface area contributed by atoms with Gasteiger partial charge in [-0.15, -0.1) is 16.9 Å². The minimum atomic E-state index is -4.34. The third-order valence-corrected chi connectivity index (χ3v) is 12.7. The number of fused-ring (bicyclic) bond motifs is 2. The highest BCUT2D eigenvalue weighted by molar-refractivity contribution is 8.46. The SMILES string of the molecule is Nc1nc2c(nnn2[C@@H]2S[C@H](CO)[C@@H](F)[C@H]2P(=O)(S)OC[C@H]2O[C@@H](n3ccc4c(N)ncnc43)[C@@H](F)[C@@H]2O[PH](=O)S)c(=O)[nH]1. The predicted octanol–water partition coefficient (Wildman–Crippen LogP) is 1.52. The van der Waals surface area contributed by atoms with Crippen molar-refractivity contribution in [2.24, 2.45) is 0 Å². The van der Waals surface area contributed by atoms with Gasteiger partial charge >= 0.3 is 0 Å². The van der Waals surface area contributed by atoms with E-state index < -0.39 is 79.6 Å². The van der Waals surface area contributed by atoms with E-state index in [0.717, 1.165) is 16.4 Å². The van der Waals surface area contributed by atoms with E-state index in [4.69, 9.17) is 25.3 Å². The summed E-state index contributed by atoms with van der Waals surface area (Å²) in [6, 6.07) is 1.56. The largest absolute Gasteiger partial charge is 0.395 e. The molecular formula is C20H24F2N10O7P2S3. The Labute approximate surface area is 260 Å². The molecule has 10 atom stereocenters. The van der Waals surface area contributed by atoms with Crippen molar-refractivity contribution in [1.29, 1.82) is 0 Å². The van der Waals surface area contributed by atoms with E-state index in [1.165, 1.54) is 17.1 Å². The van der Waals surface area contributed by atoms with Gasteiger partial charge in [-0.1, -0.05) is 29.7 Å². The summed E-state index contributed by atoms with van der Waals surface area (Å²) in [6.07, 6.45) is -5.41. The molecule has 24 heteroatoms. The standard InChI is InChI=1S/C20H24F2N10O7P2S3/c21-9-8(3-33)44-19(32-16-11(29-30-32)17(34)28-20(24)27-16)13(9)41(36,43)37-4-7-12(39-40(35)42)10(22)18(38-7)31-2-1-6-14(23)25-5-26-15(6)31/h1-2,5,7-10,12-13,18-19,33,40H,3-4H2,(H,35,42)(H,36,43)(H2,23,25,26)(H3,24,27,28,34)/t7-,8-,9-,10+,12-,13-,18-,19-,41?/m1/s1. The Hall–Kier alpha value is -2.29. The van der Waals surface area contributed by atoms with E-state index in [2.05, 4.69) is 54.7 Å². The van der Waals surface area contributed by atoms with Gasteiger partial charge in [-0.2, -0.15) is 4.98 Å². The zero-order valence-corrected chi connectivity index (χ0v) is 26.5. The fourth-order valence-corrected chi connectivity index (χ4v) is 11.0. The number of thiol groups is 2. The molecule has 2 aliphatic rings. The minimum absolute atomic E-state index is 0.120. The molecule has 2 aliphatic heterocycles. The van der Waals surface area contributed by atoms with Crippen LogP contribution in [0.3, 0.4) is 0 Å². The topological polar surface area (TPSA) is 241 Å². The molecular weight excluding hydrogens is 688 g/mol. The van der Waals surface area contributed by atoms with Gasteiger partial charge < -0.3 is 34.9 Å². The lowest BCUT2D eigenvalue weighted by Crippen LogP contribution is -2.34. The zero-order valence-electron chi connectivity index (χ0n) is 22.0. The van der Waals surface area contributed by atoms with Crippen LogP contribution >= 0.6 is 50.1 Å². The summed E-state index contributed by atoms with van der Waals surface area (Å²) in [5, 5.41) is 15.7. The van der Waals surface area contributed by atoms with Crippen LogP contribution in [-0.2, 0) is 22.9 Å². The number of hydrogen-bond donors (Lipinski definition) is 6. The Morgan fingerprint density at radius 3 is 2.77 bits per heavy atom. The number of aliphatic hydroxyl groups is 1. The summed E-state index contributed by atoms with van der Waals surface area (Å²) in [6.45, 7) is -5.63. The normalized spacial score (nSPS) is 31.1. The molecule has 2 saturated heterocycles. The number of aliphatic hydroxyl groups excluding tert-OH is 1. The number of halogens is 2. The van der Waals surface area contributed by atoms with Crippen molar-refractivity contribution < 1.29 is 36.8 Å². The first-order valence-corrected chi connectivity index (χ1v) is 19.0. The Morgan fingerprint density at radius 1 is 1.27 bits per heavy atom. The summed E-state index contributed by atoms with van der Waals surface area (Å²) < 4.78 is 76.6. The second kappa shape index (κ2) is 12.1. The van der Waals surface area contributed by atoms with Crippen molar-refractivity contribution in [3.05, 3.63) is 28.9 Å². The van der Waals surface area contributed by atoms with Gasteiger partial charge in [0.05, 0.1) is 23.8 Å². The number of anilines is 2. The molecule has 6 N–H and O–H groups in total. The Balaban J connectivity index is 1.29. The number of ether oxygens (including phenoxy) is 1. The quantitative estimate of drug-likeness (QED) is 0.106. The lowest BCUT2D eigenvalue weighted by atomic mass is 10.1. The highest BCUT2D eigenvalue weighted by Crippen LogP contribution is 2.67. The number of H-pyrrole nitrogens is 1. The Morgan fingerprint density at radius 2 is 2.05 bits per heavy atom. The number of nitrogens with zero attached hydrogens (tertiary/aromatic N) is 7. The Kier molecular flexibility index (Phi) is 8.74. The number of nitrogens with one attached hydrogen (secondary N) is 1. The zero-order chi connectivity index (χ0) is 31.5. The van der Waals surface area contributed by atoms with Crippen LogP contribution in [0.25, 0.3) is 22.2 Å². The molecule has 0 aliphatic carbocycles. The van der Waals surface area contributed by atoms with Gasteiger partial charge in [0.2, 0.25) is 13.2 Å². The van der Waals surface area contributed by atoms with Crippen molar-refractivity contribution in [3.63, 3.8) is 0 Å². The molecule has 0 aromatic carbocycles. The number of aromatic nitrogens is 8. The number of hydrogen-bond acceptors (Lipinski definition) is 15. The van der Waals surface area contributed by atoms with Gasteiger partial charge in [0.1, 0.15) is 47.2 Å². The van der Waals surface area contributed by atoms with Gasteiger partial charge in [-0.25, -0.2) is 23.4 Å². The summed E-state index contributed by atoms with van der Waals surface area (Å²) >= 11 is 8.83. The molecule has 238 valence electrons. The van der Waals surface area contributed by atoms with Crippen LogP contribution in [0.15, 0.2) is 23.4 Å².